The maximum Gasteiger partial charge on any atom is 0.0110 e. The van der Waals surface area contributed by atoms with Gasteiger partial charge in [0, 0.05) is 32.2 Å². The van der Waals surface area contributed by atoms with Gasteiger partial charge in [-0.1, -0.05) is 6.92 Å². The summed E-state index contributed by atoms with van der Waals surface area (Å²) >= 11 is 0. The summed E-state index contributed by atoms with van der Waals surface area (Å²) in [6.45, 7) is 17.3. The molecular formula is C17H35N3. The van der Waals surface area contributed by atoms with Gasteiger partial charge in [0.25, 0.3) is 0 Å². The van der Waals surface area contributed by atoms with Crippen molar-refractivity contribution in [1.29, 1.82) is 0 Å². The molecule has 0 aromatic heterocycles. The van der Waals surface area contributed by atoms with Crippen molar-refractivity contribution in [2.45, 2.75) is 52.5 Å². The van der Waals surface area contributed by atoms with Gasteiger partial charge in [0.1, 0.15) is 0 Å². The largest absolute Gasteiger partial charge is 0.301 e. The predicted molar refractivity (Wildman–Crippen MR) is 87.2 cm³/mol. The number of hydrogen-bond acceptors (Lipinski definition) is 3. The van der Waals surface area contributed by atoms with E-state index in [1.807, 2.05) is 0 Å². The van der Waals surface area contributed by atoms with E-state index in [0.29, 0.717) is 0 Å². The highest BCUT2D eigenvalue weighted by Gasteiger charge is 2.21. The lowest BCUT2D eigenvalue weighted by atomic mass is 9.91. The molecule has 0 unspecified atom stereocenters. The van der Waals surface area contributed by atoms with Crippen LogP contribution in [0.2, 0.25) is 0 Å². The molecule has 3 heteroatoms. The molecule has 0 N–H and O–H groups in total. The van der Waals surface area contributed by atoms with Gasteiger partial charge in [-0.2, -0.15) is 0 Å². The van der Waals surface area contributed by atoms with Crippen LogP contribution in [0, 0.1) is 5.92 Å². The second-order valence-corrected chi connectivity index (χ2v) is 6.99. The molecule has 0 spiro atoms. The van der Waals surface area contributed by atoms with Crippen molar-refractivity contribution < 1.29 is 0 Å². The lowest BCUT2D eigenvalue weighted by Crippen LogP contribution is -2.46. The summed E-state index contributed by atoms with van der Waals surface area (Å²) in [5.41, 5.74) is 0. The zero-order valence-electron chi connectivity index (χ0n) is 14.0. The number of hydrogen-bond donors (Lipinski definition) is 0. The summed E-state index contributed by atoms with van der Waals surface area (Å²) in [4.78, 5) is 7.88. The van der Waals surface area contributed by atoms with E-state index in [9.17, 15) is 0 Å². The fourth-order valence-corrected chi connectivity index (χ4v) is 3.69. The van der Waals surface area contributed by atoms with E-state index >= 15 is 0 Å². The van der Waals surface area contributed by atoms with Gasteiger partial charge < -0.3 is 14.7 Å². The van der Waals surface area contributed by atoms with Crippen molar-refractivity contribution in [2.75, 3.05) is 52.4 Å². The highest BCUT2D eigenvalue weighted by Crippen LogP contribution is 2.23. The van der Waals surface area contributed by atoms with Crippen LogP contribution in [0.4, 0.5) is 0 Å². The van der Waals surface area contributed by atoms with E-state index in [1.165, 1.54) is 78.0 Å². The van der Waals surface area contributed by atoms with Gasteiger partial charge in [0.2, 0.25) is 0 Å². The molecule has 2 aliphatic heterocycles. The molecule has 0 atom stereocenters. The second kappa shape index (κ2) is 8.35. The molecule has 0 aliphatic carbocycles. The fraction of sp³-hybridized carbons (Fsp3) is 1.00. The quantitative estimate of drug-likeness (QED) is 0.741. The summed E-state index contributed by atoms with van der Waals surface area (Å²) in [6.07, 6.45) is 5.74. The lowest BCUT2D eigenvalue weighted by Gasteiger charge is -2.36. The van der Waals surface area contributed by atoms with Gasteiger partial charge in [-0.3, -0.25) is 0 Å². The van der Waals surface area contributed by atoms with Crippen LogP contribution in [-0.4, -0.2) is 73.1 Å². The Hall–Kier alpha value is -0.120. The number of likely N-dealkylation sites (tertiary alicyclic amines) is 1. The Bertz CT molecular complexity index is 251. The standard InChI is InChI=1S/C17H35N3/c1-4-18-12-14-19(15-13-18)9-5-6-17-7-10-20(11-8-17)16(2)3/h16-17H,4-15H2,1-3H3. The Morgan fingerprint density at radius 1 is 0.900 bits per heavy atom. The van der Waals surface area contributed by atoms with E-state index in [0.717, 1.165) is 12.0 Å². The second-order valence-electron chi connectivity index (χ2n) is 6.99. The number of likely N-dealkylation sites (N-methyl/N-ethyl adjacent to an activating group) is 1. The van der Waals surface area contributed by atoms with Gasteiger partial charge in [-0.15, -0.1) is 0 Å². The molecule has 3 nitrogen and oxygen atoms in total. The van der Waals surface area contributed by atoms with Crippen LogP contribution in [0.1, 0.15) is 46.5 Å². The first-order valence-electron chi connectivity index (χ1n) is 8.87. The van der Waals surface area contributed by atoms with Crippen LogP contribution in [-0.2, 0) is 0 Å². The first-order chi connectivity index (χ1) is 9.69. The molecule has 0 aromatic carbocycles. The highest BCUT2D eigenvalue weighted by atomic mass is 15.3. The molecule has 118 valence electrons. The van der Waals surface area contributed by atoms with Crippen LogP contribution in [0.15, 0.2) is 0 Å². The lowest BCUT2D eigenvalue weighted by molar-refractivity contribution is 0.124. The predicted octanol–water partition coefficient (Wildman–Crippen LogP) is 2.52. The minimum Gasteiger partial charge on any atom is -0.301 e. The zero-order chi connectivity index (χ0) is 14.4. The fourth-order valence-electron chi connectivity index (χ4n) is 3.69. The molecule has 0 saturated carbocycles. The molecule has 2 saturated heterocycles. The van der Waals surface area contributed by atoms with E-state index in [-0.39, 0.29) is 0 Å². The van der Waals surface area contributed by atoms with Crippen molar-refractivity contribution in [3.63, 3.8) is 0 Å². The Labute approximate surface area is 126 Å². The van der Waals surface area contributed by atoms with Gasteiger partial charge in [0.15, 0.2) is 0 Å². The molecule has 0 bridgehead atoms. The normalized spacial score (nSPS) is 24.6. The van der Waals surface area contributed by atoms with Crippen molar-refractivity contribution in [3.8, 4) is 0 Å². The minimum absolute atomic E-state index is 0.741. The average molecular weight is 281 g/mol. The van der Waals surface area contributed by atoms with Crippen LogP contribution in [0.25, 0.3) is 0 Å². The van der Waals surface area contributed by atoms with Gasteiger partial charge >= 0.3 is 0 Å². The number of nitrogens with zero attached hydrogens (tertiary/aromatic N) is 3. The maximum atomic E-state index is 2.68. The number of rotatable bonds is 6. The molecule has 2 fully saturated rings. The summed E-state index contributed by atoms with van der Waals surface area (Å²) in [7, 11) is 0. The Morgan fingerprint density at radius 2 is 1.50 bits per heavy atom. The summed E-state index contributed by atoms with van der Waals surface area (Å²) in [5, 5.41) is 0. The Balaban J connectivity index is 1.54. The average Bonchev–Trinajstić information content (AvgIpc) is 2.48. The van der Waals surface area contributed by atoms with Crippen molar-refractivity contribution in [3.05, 3.63) is 0 Å². The Morgan fingerprint density at radius 3 is 2.05 bits per heavy atom. The van der Waals surface area contributed by atoms with Gasteiger partial charge in [0.05, 0.1) is 0 Å². The minimum atomic E-state index is 0.741. The molecule has 2 heterocycles. The van der Waals surface area contributed by atoms with E-state index in [4.69, 9.17) is 0 Å². The molecule has 2 aliphatic rings. The number of piperidine rings is 1. The monoisotopic (exact) mass is 281 g/mol. The van der Waals surface area contributed by atoms with Crippen LogP contribution < -0.4 is 0 Å². The third kappa shape index (κ3) is 5.01. The van der Waals surface area contributed by atoms with Crippen LogP contribution >= 0.6 is 0 Å². The van der Waals surface area contributed by atoms with E-state index in [1.54, 1.807) is 0 Å². The smallest absolute Gasteiger partial charge is 0.0110 e. The van der Waals surface area contributed by atoms with Crippen LogP contribution in [0.5, 0.6) is 0 Å². The zero-order valence-corrected chi connectivity index (χ0v) is 14.0. The van der Waals surface area contributed by atoms with Crippen molar-refractivity contribution >= 4 is 0 Å². The summed E-state index contributed by atoms with van der Waals surface area (Å²) in [6, 6.07) is 0.741. The maximum absolute atomic E-state index is 2.68. The van der Waals surface area contributed by atoms with Crippen molar-refractivity contribution in [1.82, 2.24) is 14.7 Å². The van der Waals surface area contributed by atoms with E-state index < -0.39 is 0 Å². The molecule has 20 heavy (non-hydrogen) atoms. The first-order valence-corrected chi connectivity index (χ1v) is 8.87. The number of piperazine rings is 1. The highest BCUT2D eigenvalue weighted by molar-refractivity contribution is 4.76. The van der Waals surface area contributed by atoms with Crippen LogP contribution in [0.3, 0.4) is 0 Å². The summed E-state index contributed by atoms with van der Waals surface area (Å²) in [5.74, 6) is 1.00. The summed E-state index contributed by atoms with van der Waals surface area (Å²) < 4.78 is 0. The third-order valence-electron chi connectivity index (χ3n) is 5.38. The molecule has 0 radical (unpaired) electrons. The molecule has 0 aromatic rings. The SMILES string of the molecule is CCN1CCN(CCCC2CCN(C(C)C)CC2)CC1. The topological polar surface area (TPSA) is 9.72 Å². The first kappa shape index (κ1) is 16.3. The third-order valence-corrected chi connectivity index (χ3v) is 5.38. The molecule has 0 amide bonds. The van der Waals surface area contributed by atoms with Gasteiger partial charge in [-0.25, -0.2) is 0 Å². The molecule has 2 rings (SSSR count). The molecular weight excluding hydrogens is 246 g/mol. The Kier molecular flexibility index (Phi) is 6.79. The van der Waals surface area contributed by atoms with Gasteiger partial charge in [-0.05, 0) is 71.6 Å². The van der Waals surface area contributed by atoms with Crippen molar-refractivity contribution in [2.24, 2.45) is 5.92 Å². The van der Waals surface area contributed by atoms with E-state index in [2.05, 4.69) is 35.5 Å².